The Kier molecular flexibility index (Phi) is 1.27. The molecule has 0 amide bonds. The SMILES string of the molecule is NSC1CCC12CCC2. The topological polar surface area (TPSA) is 26.0 Å². The zero-order chi connectivity index (χ0) is 6.32. The van der Waals surface area contributed by atoms with E-state index < -0.39 is 0 Å². The first kappa shape index (κ1) is 6.05. The molecule has 0 aliphatic heterocycles. The van der Waals surface area contributed by atoms with Gasteiger partial charge in [-0.3, -0.25) is 5.14 Å². The fraction of sp³-hybridized carbons (Fsp3) is 1.00. The summed E-state index contributed by atoms with van der Waals surface area (Å²) in [5.74, 6) is 0. The van der Waals surface area contributed by atoms with Crippen LogP contribution in [0.1, 0.15) is 32.1 Å². The molecule has 0 aromatic heterocycles. The summed E-state index contributed by atoms with van der Waals surface area (Å²) in [7, 11) is 0. The third-order valence-corrected chi connectivity index (χ3v) is 4.17. The molecule has 0 saturated heterocycles. The number of hydrogen-bond acceptors (Lipinski definition) is 2. The van der Waals surface area contributed by atoms with Crippen LogP contribution in [0.5, 0.6) is 0 Å². The summed E-state index contributed by atoms with van der Waals surface area (Å²) in [6.07, 6.45) is 7.21. The Labute approximate surface area is 60.5 Å². The van der Waals surface area contributed by atoms with Gasteiger partial charge in [0.25, 0.3) is 0 Å². The maximum atomic E-state index is 5.54. The maximum absolute atomic E-state index is 5.54. The molecule has 0 aromatic rings. The molecule has 2 saturated carbocycles. The highest BCUT2D eigenvalue weighted by Gasteiger charge is 2.50. The van der Waals surface area contributed by atoms with Crippen LogP contribution in [0.4, 0.5) is 0 Å². The molecule has 2 aliphatic rings. The van der Waals surface area contributed by atoms with Gasteiger partial charge in [-0.2, -0.15) is 0 Å². The zero-order valence-electron chi connectivity index (χ0n) is 5.60. The lowest BCUT2D eigenvalue weighted by molar-refractivity contribution is 0.0418. The van der Waals surface area contributed by atoms with Crippen molar-refractivity contribution < 1.29 is 0 Å². The van der Waals surface area contributed by atoms with Crippen molar-refractivity contribution in [2.24, 2.45) is 10.6 Å². The van der Waals surface area contributed by atoms with Crippen molar-refractivity contribution in [2.45, 2.75) is 37.4 Å². The van der Waals surface area contributed by atoms with E-state index >= 15 is 0 Å². The monoisotopic (exact) mass is 143 g/mol. The first-order valence-electron chi connectivity index (χ1n) is 3.73. The second-order valence-electron chi connectivity index (χ2n) is 3.38. The molecular formula is C7H13NS. The molecule has 2 heteroatoms. The quantitative estimate of drug-likeness (QED) is 0.567. The molecule has 2 aliphatic carbocycles. The van der Waals surface area contributed by atoms with Crippen LogP contribution in [-0.2, 0) is 0 Å². The molecule has 9 heavy (non-hydrogen) atoms. The molecule has 2 N–H and O–H groups in total. The van der Waals surface area contributed by atoms with Crippen LogP contribution in [0.15, 0.2) is 0 Å². The van der Waals surface area contributed by atoms with Crippen LogP contribution in [-0.4, -0.2) is 5.25 Å². The molecule has 0 radical (unpaired) electrons. The van der Waals surface area contributed by atoms with E-state index in [9.17, 15) is 0 Å². The summed E-state index contributed by atoms with van der Waals surface area (Å²) in [6, 6.07) is 0. The predicted octanol–water partition coefficient (Wildman–Crippen LogP) is 1.93. The molecule has 2 fully saturated rings. The number of rotatable bonds is 1. The molecule has 0 bridgehead atoms. The molecule has 0 heterocycles. The molecule has 1 unspecified atom stereocenters. The zero-order valence-corrected chi connectivity index (χ0v) is 6.41. The summed E-state index contributed by atoms with van der Waals surface area (Å²) in [4.78, 5) is 0. The summed E-state index contributed by atoms with van der Waals surface area (Å²) in [6.45, 7) is 0. The van der Waals surface area contributed by atoms with E-state index in [1.807, 2.05) is 0 Å². The number of hydrogen-bond donors (Lipinski definition) is 1. The van der Waals surface area contributed by atoms with Crippen molar-refractivity contribution in [3.05, 3.63) is 0 Å². The van der Waals surface area contributed by atoms with E-state index in [4.69, 9.17) is 5.14 Å². The van der Waals surface area contributed by atoms with Crippen molar-refractivity contribution >= 4 is 11.9 Å². The van der Waals surface area contributed by atoms with Gasteiger partial charge in [0.2, 0.25) is 0 Å². The van der Waals surface area contributed by atoms with Crippen LogP contribution >= 0.6 is 11.9 Å². The fourth-order valence-electron chi connectivity index (χ4n) is 2.09. The lowest BCUT2D eigenvalue weighted by Crippen LogP contribution is -2.48. The highest BCUT2D eigenvalue weighted by Crippen LogP contribution is 2.59. The Morgan fingerprint density at radius 3 is 2.22 bits per heavy atom. The van der Waals surface area contributed by atoms with Gasteiger partial charge < -0.3 is 0 Å². The van der Waals surface area contributed by atoms with Crippen molar-refractivity contribution in [3.63, 3.8) is 0 Å². The Morgan fingerprint density at radius 1 is 1.33 bits per heavy atom. The molecule has 2 rings (SSSR count). The van der Waals surface area contributed by atoms with Crippen molar-refractivity contribution in [1.29, 1.82) is 0 Å². The number of nitrogens with two attached hydrogens (primary N) is 1. The van der Waals surface area contributed by atoms with Gasteiger partial charge in [0.15, 0.2) is 0 Å². The Bertz CT molecular complexity index is 113. The molecule has 1 nitrogen and oxygen atoms in total. The fourth-order valence-corrected chi connectivity index (χ4v) is 2.98. The van der Waals surface area contributed by atoms with Crippen LogP contribution in [0.3, 0.4) is 0 Å². The third-order valence-electron chi connectivity index (χ3n) is 3.10. The third kappa shape index (κ3) is 0.665. The smallest absolute Gasteiger partial charge is 0.0247 e. The van der Waals surface area contributed by atoms with Gasteiger partial charge in [0.1, 0.15) is 0 Å². The molecular weight excluding hydrogens is 130 g/mol. The van der Waals surface area contributed by atoms with Gasteiger partial charge >= 0.3 is 0 Å². The Morgan fingerprint density at radius 2 is 2.11 bits per heavy atom. The van der Waals surface area contributed by atoms with E-state index in [2.05, 4.69) is 0 Å². The summed E-state index contributed by atoms with van der Waals surface area (Å²) in [5, 5.41) is 6.36. The largest absolute Gasteiger partial charge is 0.278 e. The Hall–Kier alpha value is 0.310. The van der Waals surface area contributed by atoms with Crippen LogP contribution in [0.25, 0.3) is 0 Å². The van der Waals surface area contributed by atoms with Crippen LogP contribution in [0, 0.1) is 5.41 Å². The maximum Gasteiger partial charge on any atom is 0.0247 e. The minimum atomic E-state index is 0.749. The second kappa shape index (κ2) is 1.89. The summed E-state index contributed by atoms with van der Waals surface area (Å²) >= 11 is 1.59. The first-order chi connectivity index (χ1) is 4.37. The van der Waals surface area contributed by atoms with E-state index in [0.717, 1.165) is 10.7 Å². The van der Waals surface area contributed by atoms with Gasteiger partial charge in [-0.1, -0.05) is 18.4 Å². The average molecular weight is 143 g/mol. The standard InChI is InChI=1S/C7H13NS/c8-9-6-2-5-7(6)3-1-4-7/h6H,1-5,8H2. The van der Waals surface area contributed by atoms with Gasteiger partial charge in [-0.25, -0.2) is 0 Å². The molecule has 0 aromatic carbocycles. The van der Waals surface area contributed by atoms with E-state index in [0.29, 0.717) is 0 Å². The normalized spacial score (nSPS) is 37.7. The first-order valence-corrected chi connectivity index (χ1v) is 4.67. The van der Waals surface area contributed by atoms with Crippen LogP contribution in [0.2, 0.25) is 0 Å². The minimum absolute atomic E-state index is 0.749. The summed E-state index contributed by atoms with van der Waals surface area (Å²) in [5.41, 5.74) is 0.749. The minimum Gasteiger partial charge on any atom is -0.278 e. The van der Waals surface area contributed by atoms with Gasteiger partial charge in [-0.15, -0.1) is 0 Å². The second-order valence-corrected chi connectivity index (χ2v) is 4.22. The molecule has 1 spiro atoms. The summed E-state index contributed by atoms with van der Waals surface area (Å²) < 4.78 is 0. The van der Waals surface area contributed by atoms with Crippen molar-refractivity contribution in [2.75, 3.05) is 0 Å². The van der Waals surface area contributed by atoms with Crippen molar-refractivity contribution in [3.8, 4) is 0 Å². The van der Waals surface area contributed by atoms with E-state index in [1.54, 1.807) is 11.9 Å². The molecule has 52 valence electrons. The van der Waals surface area contributed by atoms with Crippen LogP contribution < -0.4 is 5.14 Å². The lowest BCUT2D eigenvalue weighted by Gasteiger charge is -2.55. The lowest BCUT2D eigenvalue weighted by atomic mass is 9.56. The molecule has 1 atom stereocenters. The predicted molar refractivity (Wildman–Crippen MR) is 41.1 cm³/mol. The van der Waals surface area contributed by atoms with Gasteiger partial charge in [-0.05, 0) is 31.1 Å². The van der Waals surface area contributed by atoms with E-state index in [-0.39, 0.29) is 0 Å². The van der Waals surface area contributed by atoms with Gasteiger partial charge in [0.05, 0.1) is 0 Å². The Balaban J connectivity index is 1.97. The van der Waals surface area contributed by atoms with Crippen molar-refractivity contribution in [1.82, 2.24) is 0 Å². The average Bonchev–Trinajstić information content (AvgIpc) is 1.59. The van der Waals surface area contributed by atoms with E-state index in [1.165, 1.54) is 32.1 Å². The van der Waals surface area contributed by atoms with Gasteiger partial charge in [0, 0.05) is 5.25 Å². The highest BCUT2D eigenvalue weighted by atomic mass is 32.2. The highest BCUT2D eigenvalue weighted by molar-refractivity contribution is 7.97.